The van der Waals surface area contributed by atoms with Crippen LogP contribution in [0.15, 0.2) is 70.3 Å². The standard InChI is InChI=1S/C29H23FN8O2S/c1-15-31-13-17(14-32-15)23-22(35-27(41-23)29(2)11-12-29)26-37-38-28(40-26)36-24-25(39)34-21-18(9-6-10-19(21)30)20(33-24)16-7-4-3-5-8-16/h3-10,13-14,24H,11-12H2,1-2H3,(H,34,39)(H,36,38)/t24-/m1/s1. The summed E-state index contributed by atoms with van der Waals surface area (Å²) >= 11 is 1.56. The number of carbonyl (C=O) groups excluding carboxylic acids is 1. The first-order valence-electron chi connectivity index (χ1n) is 13.0. The summed E-state index contributed by atoms with van der Waals surface area (Å²) in [5.74, 6) is -0.281. The first kappa shape index (κ1) is 25.1. The van der Waals surface area contributed by atoms with Gasteiger partial charge in [0.2, 0.25) is 6.17 Å². The summed E-state index contributed by atoms with van der Waals surface area (Å²) in [5.41, 5.74) is 3.04. The van der Waals surface area contributed by atoms with Gasteiger partial charge >= 0.3 is 6.01 Å². The molecule has 0 bridgehead atoms. The van der Waals surface area contributed by atoms with Crippen LogP contribution in [0.3, 0.4) is 0 Å². The number of fused-ring (bicyclic) bond motifs is 1. The first-order valence-corrected chi connectivity index (χ1v) is 13.8. The Bertz CT molecular complexity index is 1810. The lowest BCUT2D eigenvalue weighted by molar-refractivity contribution is -0.116. The highest BCUT2D eigenvalue weighted by Crippen LogP contribution is 2.51. The van der Waals surface area contributed by atoms with Crippen molar-refractivity contribution in [1.29, 1.82) is 0 Å². The second-order valence-corrected chi connectivity index (χ2v) is 11.2. The van der Waals surface area contributed by atoms with E-state index in [9.17, 15) is 9.18 Å². The maximum Gasteiger partial charge on any atom is 0.317 e. The molecule has 12 heteroatoms. The number of nitrogens with one attached hydrogen (secondary N) is 2. The van der Waals surface area contributed by atoms with Gasteiger partial charge in [0.1, 0.15) is 17.3 Å². The summed E-state index contributed by atoms with van der Waals surface area (Å²) < 4.78 is 20.8. The van der Waals surface area contributed by atoms with E-state index in [2.05, 4.69) is 42.7 Å². The number of benzene rings is 2. The lowest BCUT2D eigenvalue weighted by Crippen LogP contribution is -2.32. The quantitative estimate of drug-likeness (QED) is 0.280. The van der Waals surface area contributed by atoms with Gasteiger partial charge in [0.15, 0.2) is 0 Å². The zero-order chi connectivity index (χ0) is 28.1. The van der Waals surface area contributed by atoms with Crippen LogP contribution in [-0.4, -0.2) is 42.9 Å². The van der Waals surface area contributed by atoms with Gasteiger partial charge in [0.05, 0.1) is 21.3 Å². The van der Waals surface area contributed by atoms with Crippen molar-refractivity contribution in [3.8, 4) is 22.0 Å². The highest BCUT2D eigenvalue weighted by atomic mass is 32.1. The first-order chi connectivity index (χ1) is 19.9. The molecule has 0 saturated heterocycles. The normalized spacial score (nSPS) is 17.3. The van der Waals surface area contributed by atoms with Crippen molar-refractivity contribution in [2.75, 3.05) is 10.6 Å². The van der Waals surface area contributed by atoms with Crippen LogP contribution in [-0.2, 0) is 10.2 Å². The molecule has 1 amide bonds. The van der Waals surface area contributed by atoms with E-state index in [1.807, 2.05) is 37.3 Å². The molecule has 1 aliphatic carbocycles. The van der Waals surface area contributed by atoms with Crippen molar-refractivity contribution in [2.24, 2.45) is 4.99 Å². The number of halogens is 1. The van der Waals surface area contributed by atoms with Crippen molar-refractivity contribution in [2.45, 2.75) is 38.3 Å². The topological polar surface area (TPSA) is 131 Å². The van der Waals surface area contributed by atoms with Crippen molar-refractivity contribution >= 4 is 34.7 Å². The second kappa shape index (κ2) is 9.66. The predicted octanol–water partition coefficient (Wildman–Crippen LogP) is 5.38. The third kappa shape index (κ3) is 4.65. The molecule has 7 rings (SSSR count). The number of aliphatic imine (C=N–C) groups is 1. The van der Waals surface area contributed by atoms with Crippen LogP contribution in [0.4, 0.5) is 16.1 Å². The average Bonchev–Trinajstić information content (AvgIpc) is 3.38. The lowest BCUT2D eigenvalue weighted by atomic mass is 10.0. The fourth-order valence-corrected chi connectivity index (χ4v) is 5.78. The Hall–Kier alpha value is -4.84. The van der Waals surface area contributed by atoms with Gasteiger partial charge in [0, 0.05) is 34.5 Å². The molecule has 204 valence electrons. The smallest absolute Gasteiger partial charge is 0.317 e. The zero-order valence-corrected chi connectivity index (χ0v) is 22.9. The second-order valence-electron chi connectivity index (χ2n) is 10.2. The molecule has 3 aromatic heterocycles. The molecule has 1 atom stereocenters. The van der Waals surface area contributed by atoms with Crippen LogP contribution in [0.2, 0.25) is 0 Å². The summed E-state index contributed by atoms with van der Waals surface area (Å²) in [6, 6.07) is 13.8. The van der Waals surface area contributed by atoms with E-state index >= 15 is 0 Å². The van der Waals surface area contributed by atoms with Crippen LogP contribution in [0, 0.1) is 12.7 Å². The minimum absolute atomic E-state index is 0.0234. The van der Waals surface area contributed by atoms with E-state index in [0.29, 0.717) is 22.8 Å². The number of hydrogen-bond acceptors (Lipinski definition) is 10. The molecule has 41 heavy (non-hydrogen) atoms. The molecular weight excluding hydrogens is 543 g/mol. The summed E-state index contributed by atoms with van der Waals surface area (Å²) in [6.07, 6.45) is 4.44. The highest BCUT2D eigenvalue weighted by molar-refractivity contribution is 7.15. The molecule has 1 fully saturated rings. The van der Waals surface area contributed by atoms with Gasteiger partial charge in [-0.3, -0.25) is 4.79 Å². The molecule has 0 unspecified atom stereocenters. The SMILES string of the molecule is Cc1ncc(-c2sc(C3(C)CC3)nc2-c2nnc(N[C@H]3N=C(c4ccccc4)c4cccc(F)c4NC3=O)o2)cn1. The Labute approximate surface area is 237 Å². The van der Waals surface area contributed by atoms with Gasteiger partial charge < -0.3 is 15.1 Å². The van der Waals surface area contributed by atoms with Gasteiger partial charge in [-0.25, -0.2) is 24.3 Å². The summed E-state index contributed by atoms with van der Waals surface area (Å²) in [6.45, 7) is 4.01. The Balaban J connectivity index is 1.25. The molecule has 0 spiro atoms. The van der Waals surface area contributed by atoms with Gasteiger partial charge in [-0.05, 0) is 25.8 Å². The van der Waals surface area contributed by atoms with Crippen LogP contribution < -0.4 is 10.6 Å². The van der Waals surface area contributed by atoms with Gasteiger partial charge in [-0.15, -0.1) is 16.4 Å². The van der Waals surface area contributed by atoms with Crippen molar-refractivity contribution < 1.29 is 13.6 Å². The number of aromatic nitrogens is 5. The molecule has 2 N–H and O–H groups in total. The summed E-state index contributed by atoms with van der Waals surface area (Å²) in [4.78, 5) is 32.3. The van der Waals surface area contributed by atoms with Crippen molar-refractivity contribution in [1.82, 2.24) is 25.1 Å². The molecule has 2 aromatic carbocycles. The average molecular weight is 567 g/mol. The fourth-order valence-electron chi connectivity index (χ4n) is 4.55. The molecule has 1 saturated carbocycles. The number of benzodiazepines with no additional fused rings is 1. The van der Waals surface area contributed by atoms with E-state index in [0.717, 1.165) is 33.9 Å². The Morgan fingerprint density at radius 1 is 1.05 bits per heavy atom. The van der Waals surface area contributed by atoms with Crippen LogP contribution >= 0.6 is 11.3 Å². The van der Waals surface area contributed by atoms with Gasteiger partial charge in [-0.2, -0.15) is 0 Å². The molecule has 2 aliphatic rings. The molecule has 1 aliphatic heterocycles. The lowest BCUT2D eigenvalue weighted by Gasteiger charge is -2.11. The third-order valence-corrected chi connectivity index (χ3v) is 8.56. The molecule has 0 radical (unpaired) electrons. The van der Waals surface area contributed by atoms with E-state index in [1.165, 1.54) is 6.07 Å². The monoisotopic (exact) mass is 566 g/mol. The molecular formula is C29H23FN8O2S. The van der Waals surface area contributed by atoms with Crippen molar-refractivity contribution in [3.05, 3.63) is 88.7 Å². The van der Waals surface area contributed by atoms with Gasteiger partial charge in [-0.1, -0.05) is 54.5 Å². The van der Waals surface area contributed by atoms with Gasteiger partial charge in [0.25, 0.3) is 11.8 Å². The van der Waals surface area contributed by atoms with E-state index in [-0.39, 0.29) is 23.0 Å². The zero-order valence-electron chi connectivity index (χ0n) is 22.1. The van der Waals surface area contributed by atoms with Crippen LogP contribution in [0.5, 0.6) is 0 Å². The van der Waals surface area contributed by atoms with E-state index in [4.69, 9.17) is 9.40 Å². The number of para-hydroxylation sites is 1. The largest absolute Gasteiger partial charge is 0.402 e. The highest BCUT2D eigenvalue weighted by Gasteiger charge is 2.43. The number of nitrogens with zero attached hydrogens (tertiary/aromatic N) is 6. The van der Waals surface area contributed by atoms with E-state index in [1.54, 1.807) is 35.9 Å². The molecule has 10 nitrogen and oxygen atoms in total. The maximum atomic E-state index is 14.8. The number of rotatable bonds is 6. The van der Waals surface area contributed by atoms with Crippen LogP contribution in [0.25, 0.3) is 22.0 Å². The predicted molar refractivity (Wildman–Crippen MR) is 152 cm³/mol. The Morgan fingerprint density at radius 3 is 2.59 bits per heavy atom. The van der Waals surface area contributed by atoms with E-state index < -0.39 is 17.9 Å². The molecule has 5 aromatic rings. The molecule has 4 heterocycles. The summed E-state index contributed by atoms with van der Waals surface area (Å²) in [7, 11) is 0. The minimum atomic E-state index is -1.17. The third-order valence-electron chi connectivity index (χ3n) is 7.15. The van der Waals surface area contributed by atoms with Crippen LogP contribution in [0.1, 0.15) is 41.7 Å². The number of amides is 1. The number of anilines is 2. The fraction of sp³-hybridized carbons (Fsp3) is 0.207. The van der Waals surface area contributed by atoms with Crippen molar-refractivity contribution in [3.63, 3.8) is 0 Å². The number of hydrogen-bond donors (Lipinski definition) is 2. The number of carbonyl (C=O) groups is 1. The summed E-state index contributed by atoms with van der Waals surface area (Å²) in [5, 5.41) is 14.9. The minimum Gasteiger partial charge on any atom is -0.402 e. The number of aryl methyl sites for hydroxylation is 1. The number of thiazole rings is 1. The Morgan fingerprint density at radius 2 is 1.83 bits per heavy atom. The Kier molecular flexibility index (Phi) is 5.93. The maximum absolute atomic E-state index is 14.8.